The minimum atomic E-state index is -3.37. The van der Waals surface area contributed by atoms with Gasteiger partial charge < -0.3 is 16.0 Å². The van der Waals surface area contributed by atoms with Crippen LogP contribution in [0.3, 0.4) is 0 Å². The summed E-state index contributed by atoms with van der Waals surface area (Å²) < 4.78 is 26.6. The summed E-state index contributed by atoms with van der Waals surface area (Å²) in [4.78, 5) is 14.1. The summed E-state index contributed by atoms with van der Waals surface area (Å²) in [6.07, 6.45) is 7.94. The van der Waals surface area contributed by atoms with Crippen molar-refractivity contribution < 1.29 is 13.2 Å². The molecule has 0 bridgehead atoms. The van der Waals surface area contributed by atoms with E-state index in [4.69, 9.17) is 5.73 Å². The Bertz CT molecular complexity index is 672. The highest BCUT2D eigenvalue weighted by Gasteiger charge is 2.29. The second-order valence-corrected chi connectivity index (χ2v) is 7.61. The second-order valence-electron chi connectivity index (χ2n) is 5.85. The van der Waals surface area contributed by atoms with Gasteiger partial charge in [-0.2, -0.15) is 0 Å². The van der Waals surface area contributed by atoms with Gasteiger partial charge in [-0.3, -0.25) is 4.79 Å². The molecule has 1 fully saturated rings. The largest absolute Gasteiger partial charge is 0.349 e. The predicted molar refractivity (Wildman–Crippen MR) is 90.7 cm³/mol. The summed E-state index contributed by atoms with van der Waals surface area (Å²) in [6, 6.07) is 0.128. The van der Waals surface area contributed by atoms with E-state index in [0.29, 0.717) is 30.4 Å². The molecular formula is C14H21ClN4O3S. The summed E-state index contributed by atoms with van der Waals surface area (Å²) in [5.41, 5.74) is 6.25. The fourth-order valence-electron chi connectivity index (χ4n) is 3.10. The number of hydrogen-bond donors (Lipinski definition) is 2. The van der Waals surface area contributed by atoms with Crippen LogP contribution in [0.25, 0.3) is 0 Å². The van der Waals surface area contributed by atoms with Gasteiger partial charge in [0.15, 0.2) is 0 Å². The molecule has 23 heavy (non-hydrogen) atoms. The van der Waals surface area contributed by atoms with Gasteiger partial charge in [0.25, 0.3) is 15.9 Å². The zero-order chi connectivity index (χ0) is 15.7. The van der Waals surface area contributed by atoms with Gasteiger partial charge >= 0.3 is 0 Å². The number of carbonyl (C=O) groups excluding carboxylic acids is 1. The number of nitrogens with one attached hydrogen (secondary N) is 1. The van der Waals surface area contributed by atoms with E-state index < -0.39 is 10.0 Å². The summed E-state index contributed by atoms with van der Waals surface area (Å²) in [7, 11) is -3.37. The van der Waals surface area contributed by atoms with Gasteiger partial charge in [0, 0.05) is 18.8 Å². The number of carbonyl (C=O) groups is 1. The molecule has 1 saturated carbocycles. The monoisotopic (exact) mass is 360 g/mol. The summed E-state index contributed by atoms with van der Waals surface area (Å²) >= 11 is 0. The second kappa shape index (κ2) is 7.02. The number of rotatable bonds is 3. The Hall–Kier alpha value is -1.38. The maximum atomic E-state index is 12.4. The van der Waals surface area contributed by atoms with Crippen LogP contribution in [0.5, 0.6) is 0 Å². The lowest BCUT2D eigenvalue weighted by Crippen LogP contribution is -2.42. The van der Waals surface area contributed by atoms with Crippen molar-refractivity contribution in [2.45, 2.75) is 25.3 Å². The van der Waals surface area contributed by atoms with Crippen LogP contribution in [0.1, 0.15) is 19.3 Å². The Kier molecular flexibility index (Phi) is 5.49. The summed E-state index contributed by atoms with van der Waals surface area (Å²) in [6.45, 7) is 0.901. The standard InChI is InChI=1S/C14H20N4O3S.ClH/c15-8-10-2-1-3-12(10)16-14(19)11-4-5-13-17-22(20,21)7-6-18(13)9-11;/h4-5,9-10,12H,1-3,6-8,15H2,(H,16,19);1H. The molecule has 3 rings (SSSR count). The molecule has 0 aromatic rings. The molecule has 2 aliphatic heterocycles. The molecule has 0 aromatic heterocycles. The van der Waals surface area contributed by atoms with Crippen LogP contribution in [-0.4, -0.2) is 49.9 Å². The van der Waals surface area contributed by atoms with Crippen LogP contribution in [0.2, 0.25) is 0 Å². The first-order valence-corrected chi connectivity index (χ1v) is 9.09. The van der Waals surface area contributed by atoms with E-state index in [2.05, 4.69) is 9.71 Å². The lowest BCUT2D eigenvalue weighted by atomic mass is 10.0. The minimum absolute atomic E-state index is 0. The van der Waals surface area contributed by atoms with Gasteiger partial charge in [-0.15, -0.1) is 16.8 Å². The van der Waals surface area contributed by atoms with Gasteiger partial charge in [-0.1, -0.05) is 6.42 Å². The van der Waals surface area contributed by atoms with Crippen molar-refractivity contribution in [3.8, 4) is 0 Å². The number of sulfonamides is 1. The third kappa shape index (κ3) is 3.94. The normalized spacial score (nSPS) is 28.3. The number of amides is 1. The van der Waals surface area contributed by atoms with Crippen molar-refractivity contribution in [2.24, 2.45) is 16.0 Å². The van der Waals surface area contributed by atoms with Crippen molar-refractivity contribution in [3.05, 3.63) is 23.9 Å². The molecule has 0 saturated heterocycles. The smallest absolute Gasteiger partial charge is 0.256 e. The molecule has 3 N–H and O–H groups in total. The van der Waals surface area contributed by atoms with Gasteiger partial charge in [0.05, 0.1) is 11.3 Å². The number of amidine groups is 1. The first-order chi connectivity index (χ1) is 10.5. The number of halogens is 1. The SMILES string of the molecule is Cl.NCC1CCCC1NC(=O)C1=CN2CCS(=O)(=O)N=C2C=C1. The van der Waals surface area contributed by atoms with Crippen molar-refractivity contribution in [3.63, 3.8) is 0 Å². The number of hydrogen-bond acceptors (Lipinski definition) is 5. The fourth-order valence-corrected chi connectivity index (χ4v) is 4.07. The molecular weight excluding hydrogens is 340 g/mol. The van der Waals surface area contributed by atoms with E-state index >= 15 is 0 Å². The molecule has 0 radical (unpaired) electrons. The van der Waals surface area contributed by atoms with Gasteiger partial charge in [-0.05, 0) is 37.5 Å². The molecule has 1 amide bonds. The van der Waals surface area contributed by atoms with Gasteiger partial charge in [0.2, 0.25) is 0 Å². The number of nitrogens with zero attached hydrogens (tertiary/aromatic N) is 2. The number of fused-ring (bicyclic) bond motifs is 1. The van der Waals surface area contributed by atoms with E-state index in [0.717, 1.165) is 19.3 Å². The molecule has 2 heterocycles. The average Bonchev–Trinajstić information content (AvgIpc) is 2.93. The van der Waals surface area contributed by atoms with E-state index in [-0.39, 0.29) is 30.1 Å². The highest BCUT2D eigenvalue weighted by molar-refractivity contribution is 7.90. The molecule has 2 unspecified atom stereocenters. The summed E-state index contributed by atoms with van der Waals surface area (Å²) in [5, 5.41) is 3.04. The topological polar surface area (TPSA) is 105 Å². The summed E-state index contributed by atoms with van der Waals surface area (Å²) in [5.74, 6) is 0.528. The first kappa shape index (κ1) is 18.0. The van der Waals surface area contributed by atoms with E-state index in [1.165, 1.54) is 0 Å². The van der Waals surface area contributed by atoms with Crippen LogP contribution in [0, 0.1) is 5.92 Å². The highest BCUT2D eigenvalue weighted by Crippen LogP contribution is 2.25. The Morgan fingerprint density at radius 1 is 1.39 bits per heavy atom. The lowest BCUT2D eigenvalue weighted by Gasteiger charge is -2.27. The van der Waals surface area contributed by atoms with E-state index in [1.807, 2.05) is 0 Å². The Morgan fingerprint density at radius 3 is 2.91 bits per heavy atom. The number of nitrogens with two attached hydrogens (primary N) is 1. The highest BCUT2D eigenvalue weighted by atomic mass is 35.5. The third-order valence-corrected chi connectivity index (χ3v) is 5.53. The lowest BCUT2D eigenvalue weighted by molar-refractivity contribution is -0.118. The van der Waals surface area contributed by atoms with Crippen molar-refractivity contribution in [1.82, 2.24) is 10.2 Å². The first-order valence-electron chi connectivity index (χ1n) is 7.48. The maximum Gasteiger partial charge on any atom is 0.256 e. The van der Waals surface area contributed by atoms with Crippen LogP contribution in [0.15, 0.2) is 28.3 Å². The van der Waals surface area contributed by atoms with Crippen LogP contribution in [-0.2, 0) is 14.8 Å². The molecule has 2 atom stereocenters. The predicted octanol–water partition coefficient (Wildman–Crippen LogP) is 0.149. The van der Waals surface area contributed by atoms with Gasteiger partial charge in [-0.25, -0.2) is 8.42 Å². The van der Waals surface area contributed by atoms with Crippen LogP contribution in [0.4, 0.5) is 0 Å². The Morgan fingerprint density at radius 2 is 2.17 bits per heavy atom. The quantitative estimate of drug-likeness (QED) is 0.745. The minimum Gasteiger partial charge on any atom is -0.349 e. The van der Waals surface area contributed by atoms with Crippen molar-refractivity contribution in [2.75, 3.05) is 18.8 Å². The molecule has 0 aromatic carbocycles. The molecule has 7 nitrogen and oxygen atoms in total. The van der Waals surface area contributed by atoms with Gasteiger partial charge in [0.1, 0.15) is 5.84 Å². The Balaban J connectivity index is 0.00000192. The zero-order valence-electron chi connectivity index (χ0n) is 12.6. The zero-order valence-corrected chi connectivity index (χ0v) is 14.3. The third-order valence-electron chi connectivity index (χ3n) is 4.36. The average molecular weight is 361 g/mol. The fraction of sp³-hybridized carbons (Fsp3) is 0.571. The molecule has 0 spiro atoms. The Labute approximate surface area is 142 Å². The van der Waals surface area contributed by atoms with E-state index in [9.17, 15) is 13.2 Å². The van der Waals surface area contributed by atoms with Crippen LogP contribution < -0.4 is 11.1 Å². The molecule has 9 heteroatoms. The van der Waals surface area contributed by atoms with E-state index in [1.54, 1.807) is 23.3 Å². The molecule has 128 valence electrons. The van der Waals surface area contributed by atoms with Crippen molar-refractivity contribution in [1.29, 1.82) is 0 Å². The molecule has 1 aliphatic carbocycles. The maximum absolute atomic E-state index is 12.4. The molecule has 3 aliphatic rings. The van der Waals surface area contributed by atoms with Crippen LogP contribution >= 0.6 is 12.4 Å². The van der Waals surface area contributed by atoms with Crippen molar-refractivity contribution >= 4 is 34.2 Å².